The molecular formula is C11H9N5. The third kappa shape index (κ3) is 1.22. The van der Waals surface area contributed by atoms with Gasteiger partial charge in [-0.05, 0) is 22.6 Å². The van der Waals surface area contributed by atoms with Crippen LogP contribution in [0, 0.1) is 0 Å². The van der Waals surface area contributed by atoms with E-state index >= 15 is 0 Å². The quantitative estimate of drug-likeness (QED) is 0.660. The molecule has 0 fully saturated rings. The fourth-order valence-corrected chi connectivity index (χ4v) is 1.67. The van der Waals surface area contributed by atoms with Crippen molar-refractivity contribution in [3.05, 3.63) is 42.5 Å². The lowest BCUT2D eigenvalue weighted by Gasteiger charge is -2.04. The largest absolute Gasteiger partial charge is 0.396 e. The molecule has 0 aliphatic carbocycles. The van der Waals surface area contributed by atoms with E-state index in [-0.39, 0.29) is 0 Å². The lowest BCUT2D eigenvalue weighted by molar-refractivity contribution is 0.828. The standard InChI is InChI=1S/C11H9N5/c12-9-6-7-10(8-4-2-1-3-5-8)16-11(9)13-14-15-16/h1-7H,12H2. The summed E-state index contributed by atoms with van der Waals surface area (Å²) >= 11 is 0. The Bertz CT molecular complexity index is 629. The van der Waals surface area contributed by atoms with Gasteiger partial charge < -0.3 is 5.73 Å². The van der Waals surface area contributed by atoms with Crippen LogP contribution in [0.4, 0.5) is 5.69 Å². The summed E-state index contributed by atoms with van der Waals surface area (Å²) in [7, 11) is 0. The van der Waals surface area contributed by atoms with Gasteiger partial charge in [-0.2, -0.15) is 4.52 Å². The molecule has 0 spiro atoms. The highest BCUT2D eigenvalue weighted by atomic mass is 15.5. The van der Waals surface area contributed by atoms with E-state index in [4.69, 9.17) is 5.73 Å². The van der Waals surface area contributed by atoms with E-state index < -0.39 is 0 Å². The van der Waals surface area contributed by atoms with Crippen molar-refractivity contribution in [2.24, 2.45) is 0 Å². The number of hydrogen-bond donors (Lipinski definition) is 1. The van der Waals surface area contributed by atoms with Gasteiger partial charge in [0.05, 0.1) is 11.4 Å². The predicted octanol–water partition coefficient (Wildman–Crippen LogP) is 1.37. The molecule has 5 nitrogen and oxygen atoms in total. The van der Waals surface area contributed by atoms with Gasteiger partial charge in [-0.25, -0.2) is 0 Å². The number of rotatable bonds is 1. The minimum atomic E-state index is 0.574. The summed E-state index contributed by atoms with van der Waals surface area (Å²) in [4.78, 5) is 0. The highest BCUT2D eigenvalue weighted by Crippen LogP contribution is 2.21. The Balaban J connectivity index is 2.33. The minimum Gasteiger partial charge on any atom is -0.396 e. The van der Waals surface area contributed by atoms with Crippen molar-refractivity contribution >= 4 is 11.3 Å². The Kier molecular flexibility index (Phi) is 1.83. The number of fused-ring (bicyclic) bond motifs is 1. The Morgan fingerprint density at radius 2 is 1.81 bits per heavy atom. The molecule has 0 radical (unpaired) electrons. The van der Waals surface area contributed by atoms with Crippen LogP contribution in [-0.4, -0.2) is 20.0 Å². The normalized spacial score (nSPS) is 10.8. The van der Waals surface area contributed by atoms with Gasteiger partial charge in [0.2, 0.25) is 5.65 Å². The number of nitrogens with two attached hydrogens (primary N) is 1. The molecule has 3 aromatic rings. The number of nitrogen functional groups attached to an aromatic ring is 1. The van der Waals surface area contributed by atoms with Crippen LogP contribution in [0.15, 0.2) is 42.5 Å². The third-order valence-corrected chi connectivity index (χ3v) is 2.45. The van der Waals surface area contributed by atoms with Crippen molar-refractivity contribution in [1.29, 1.82) is 0 Å². The van der Waals surface area contributed by atoms with E-state index in [0.717, 1.165) is 11.3 Å². The van der Waals surface area contributed by atoms with Gasteiger partial charge in [0.25, 0.3) is 0 Å². The summed E-state index contributed by atoms with van der Waals surface area (Å²) in [5.41, 5.74) is 8.92. The molecule has 1 aromatic carbocycles. The summed E-state index contributed by atoms with van der Waals surface area (Å²) < 4.78 is 1.64. The van der Waals surface area contributed by atoms with Crippen LogP contribution in [0.2, 0.25) is 0 Å². The Morgan fingerprint density at radius 1 is 1.00 bits per heavy atom. The number of nitrogens with zero attached hydrogens (tertiary/aromatic N) is 4. The Morgan fingerprint density at radius 3 is 2.62 bits per heavy atom. The van der Waals surface area contributed by atoms with Gasteiger partial charge in [-0.3, -0.25) is 0 Å². The molecule has 0 unspecified atom stereocenters. The van der Waals surface area contributed by atoms with Gasteiger partial charge in [-0.1, -0.05) is 30.3 Å². The monoisotopic (exact) mass is 211 g/mol. The zero-order chi connectivity index (χ0) is 11.0. The second kappa shape index (κ2) is 3.30. The zero-order valence-electron chi connectivity index (χ0n) is 8.41. The molecule has 0 atom stereocenters. The Labute approximate surface area is 91.5 Å². The molecule has 0 bridgehead atoms. The van der Waals surface area contributed by atoms with E-state index in [1.165, 1.54) is 0 Å². The molecule has 78 valence electrons. The predicted molar refractivity (Wildman–Crippen MR) is 60.6 cm³/mol. The first-order valence-electron chi connectivity index (χ1n) is 4.88. The molecule has 16 heavy (non-hydrogen) atoms. The summed E-state index contributed by atoms with van der Waals surface area (Å²) in [6.07, 6.45) is 0. The molecule has 0 amide bonds. The second-order valence-electron chi connectivity index (χ2n) is 3.45. The molecule has 3 rings (SSSR count). The number of anilines is 1. The first kappa shape index (κ1) is 8.84. The maximum atomic E-state index is 5.78. The maximum absolute atomic E-state index is 5.78. The summed E-state index contributed by atoms with van der Waals surface area (Å²) in [6.45, 7) is 0. The van der Waals surface area contributed by atoms with E-state index in [9.17, 15) is 0 Å². The van der Waals surface area contributed by atoms with Crippen LogP contribution in [0.1, 0.15) is 0 Å². The first-order valence-corrected chi connectivity index (χ1v) is 4.88. The molecule has 0 aliphatic heterocycles. The lowest BCUT2D eigenvalue weighted by Crippen LogP contribution is -1.97. The van der Waals surface area contributed by atoms with Crippen LogP contribution in [0.5, 0.6) is 0 Å². The van der Waals surface area contributed by atoms with E-state index in [1.807, 2.05) is 42.5 Å². The smallest absolute Gasteiger partial charge is 0.202 e. The first-order chi connectivity index (χ1) is 7.86. The van der Waals surface area contributed by atoms with Gasteiger partial charge in [0.1, 0.15) is 0 Å². The SMILES string of the molecule is Nc1ccc(-c2ccccc2)n2nnnc12. The van der Waals surface area contributed by atoms with Crippen LogP contribution in [0.3, 0.4) is 0 Å². The van der Waals surface area contributed by atoms with Crippen LogP contribution in [0.25, 0.3) is 16.9 Å². The molecule has 2 N–H and O–H groups in total. The van der Waals surface area contributed by atoms with Crippen molar-refractivity contribution in [2.75, 3.05) is 5.73 Å². The van der Waals surface area contributed by atoms with Crippen molar-refractivity contribution in [2.45, 2.75) is 0 Å². The summed E-state index contributed by atoms with van der Waals surface area (Å²) in [5, 5.41) is 11.4. The minimum absolute atomic E-state index is 0.574. The molecule has 0 aliphatic rings. The number of tetrazole rings is 1. The van der Waals surface area contributed by atoms with E-state index in [0.29, 0.717) is 11.3 Å². The number of benzene rings is 1. The second-order valence-corrected chi connectivity index (χ2v) is 3.45. The number of aromatic nitrogens is 4. The van der Waals surface area contributed by atoms with Crippen LogP contribution < -0.4 is 5.73 Å². The van der Waals surface area contributed by atoms with E-state index in [1.54, 1.807) is 4.52 Å². The Hall–Kier alpha value is -2.43. The average molecular weight is 211 g/mol. The third-order valence-electron chi connectivity index (χ3n) is 2.45. The topological polar surface area (TPSA) is 69.1 Å². The van der Waals surface area contributed by atoms with Crippen molar-refractivity contribution in [3.63, 3.8) is 0 Å². The maximum Gasteiger partial charge on any atom is 0.202 e. The van der Waals surface area contributed by atoms with E-state index in [2.05, 4.69) is 15.5 Å². The molecule has 2 aromatic heterocycles. The lowest BCUT2D eigenvalue weighted by atomic mass is 10.1. The number of hydrogen-bond acceptors (Lipinski definition) is 4. The number of pyridine rings is 1. The molecule has 5 heteroatoms. The van der Waals surface area contributed by atoms with Crippen molar-refractivity contribution in [3.8, 4) is 11.3 Å². The summed E-state index contributed by atoms with van der Waals surface area (Å²) in [5.74, 6) is 0. The van der Waals surface area contributed by atoms with Gasteiger partial charge >= 0.3 is 0 Å². The van der Waals surface area contributed by atoms with Gasteiger partial charge in [0.15, 0.2) is 0 Å². The molecule has 0 saturated heterocycles. The van der Waals surface area contributed by atoms with Gasteiger partial charge in [-0.15, -0.1) is 5.10 Å². The average Bonchev–Trinajstić information content (AvgIpc) is 2.81. The van der Waals surface area contributed by atoms with Crippen LogP contribution >= 0.6 is 0 Å². The fourth-order valence-electron chi connectivity index (χ4n) is 1.67. The van der Waals surface area contributed by atoms with Crippen LogP contribution in [-0.2, 0) is 0 Å². The summed E-state index contributed by atoms with van der Waals surface area (Å²) in [6, 6.07) is 13.7. The highest BCUT2D eigenvalue weighted by molar-refractivity contribution is 5.71. The van der Waals surface area contributed by atoms with Crippen molar-refractivity contribution in [1.82, 2.24) is 20.0 Å². The molecular weight excluding hydrogens is 202 g/mol. The zero-order valence-corrected chi connectivity index (χ0v) is 8.41. The fraction of sp³-hybridized carbons (Fsp3) is 0. The molecule has 0 saturated carbocycles. The molecule has 2 heterocycles. The van der Waals surface area contributed by atoms with Crippen molar-refractivity contribution < 1.29 is 0 Å². The van der Waals surface area contributed by atoms with Gasteiger partial charge in [0, 0.05) is 5.56 Å². The highest BCUT2D eigenvalue weighted by Gasteiger charge is 2.07.